The first-order valence-corrected chi connectivity index (χ1v) is 6.72. The van der Waals surface area contributed by atoms with Gasteiger partial charge in [-0.3, -0.25) is 0 Å². The molecule has 3 rings (SSSR count). The molecule has 2 heterocycles. The molecule has 1 unspecified atom stereocenters. The molecule has 0 spiro atoms. The van der Waals surface area contributed by atoms with E-state index in [-0.39, 0.29) is 6.03 Å². The number of hydrogen-bond donors (Lipinski definition) is 2. The van der Waals surface area contributed by atoms with Crippen LogP contribution in [0, 0.1) is 0 Å². The Kier molecular flexibility index (Phi) is 3.29. The lowest BCUT2D eigenvalue weighted by Gasteiger charge is -2.30. The Labute approximate surface area is 112 Å². The van der Waals surface area contributed by atoms with E-state index in [1.165, 1.54) is 0 Å². The summed E-state index contributed by atoms with van der Waals surface area (Å²) in [4.78, 5) is 13.8. The zero-order valence-electron chi connectivity index (χ0n) is 10.8. The number of anilines is 1. The van der Waals surface area contributed by atoms with Gasteiger partial charge in [0, 0.05) is 25.2 Å². The van der Waals surface area contributed by atoms with E-state index in [2.05, 4.69) is 5.32 Å². The zero-order valence-corrected chi connectivity index (χ0v) is 10.8. The number of rotatable bonds is 1. The zero-order chi connectivity index (χ0) is 13.2. The first-order chi connectivity index (χ1) is 9.22. The molecular weight excluding hydrogens is 244 g/mol. The van der Waals surface area contributed by atoms with Crippen molar-refractivity contribution in [3.8, 4) is 5.75 Å². The van der Waals surface area contributed by atoms with E-state index < -0.39 is 6.10 Å². The smallest absolute Gasteiger partial charge is 0.321 e. The normalized spacial score (nSPS) is 21.7. The molecular formula is C14H18N2O3. The van der Waals surface area contributed by atoms with Crippen LogP contribution in [0.2, 0.25) is 0 Å². The molecule has 1 fully saturated rings. The number of piperidine rings is 1. The third kappa shape index (κ3) is 2.66. The van der Waals surface area contributed by atoms with Gasteiger partial charge in [-0.05, 0) is 36.6 Å². The van der Waals surface area contributed by atoms with E-state index in [1.807, 2.05) is 18.2 Å². The van der Waals surface area contributed by atoms with Crippen LogP contribution in [0.1, 0.15) is 18.4 Å². The lowest BCUT2D eigenvalue weighted by Crippen LogP contribution is -2.44. The largest absolute Gasteiger partial charge is 0.493 e. The summed E-state index contributed by atoms with van der Waals surface area (Å²) in [7, 11) is 0. The predicted molar refractivity (Wildman–Crippen MR) is 71.5 cm³/mol. The lowest BCUT2D eigenvalue weighted by atomic mass is 10.1. The number of carbonyl (C=O) groups excluding carboxylic acids is 1. The van der Waals surface area contributed by atoms with Crippen LogP contribution in [-0.2, 0) is 6.42 Å². The molecule has 1 aromatic carbocycles. The van der Waals surface area contributed by atoms with Crippen LogP contribution >= 0.6 is 0 Å². The maximum Gasteiger partial charge on any atom is 0.321 e. The minimum Gasteiger partial charge on any atom is -0.493 e. The molecule has 1 atom stereocenters. The van der Waals surface area contributed by atoms with Crippen LogP contribution in [0.5, 0.6) is 5.75 Å². The van der Waals surface area contributed by atoms with Crippen molar-refractivity contribution in [2.75, 3.05) is 25.0 Å². The van der Waals surface area contributed by atoms with Crippen molar-refractivity contribution in [3.05, 3.63) is 23.8 Å². The molecule has 2 amide bonds. The molecule has 19 heavy (non-hydrogen) atoms. The Balaban J connectivity index is 1.66. The van der Waals surface area contributed by atoms with Crippen LogP contribution in [0.25, 0.3) is 0 Å². The number of amides is 2. The quantitative estimate of drug-likeness (QED) is 0.808. The fourth-order valence-corrected chi connectivity index (χ4v) is 2.61. The first-order valence-electron chi connectivity index (χ1n) is 6.72. The van der Waals surface area contributed by atoms with Crippen molar-refractivity contribution in [3.63, 3.8) is 0 Å². The van der Waals surface area contributed by atoms with Gasteiger partial charge in [0.1, 0.15) is 5.75 Å². The Bertz CT molecular complexity index is 490. The number of nitrogens with one attached hydrogen (secondary N) is 1. The van der Waals surface area contributed by atoms with Crippen molar-refractivity contribution in [1.29, 1.82) is 0 Å². The maximum absolute atomic E-state index is 12.1. The summed E-state index contributed by atoms with van der Waals surface area (Å²) < 4.78 is 5.43. The number of β-amino-alcohol motifs (C(OH)–C–C–N with tert-alkyl or cyclic N) is 1. The van der Waals surface area contributed by atoms with Gasteiger partial charge >= 0.3 is 6.03 Å². The van der Waals surface area contributed by atoms with E-state index in [4.69, 9.17) is 4.74 Å². The van der Waals surface area contributed by atoms with E-state index in [0.717, 1.165) is 36.3 Å². The molecule has 0 radical (unpaired) electrons. The molecule has 5 heteroatoms. The number of carbonyl (C=O) groups is 1. The summed E-state index contributed by atoms with van der Waals surface area (Å²) in [5.74, 6) is 0.909. The monoisotopic (exact) mass is 262 g/mol. The second kappa shape index (κ2) is 5.09. The summed E-state index contributed by atoms with van der Waals surface area (Å²) in [6, 6.07) is 5.56. The van der Waals surface area contributed by atoms with Crippen molar-refractivity contribution in [1.82, 2.24) is 4.90 Å². The van der Waals surface area contributed by atoms with Gasteiger partial charge in [-0.2, -0.15) is 0 Å². The number of nitrogens with zero attached hydrogens (tertiary/aromatic N) is 1. The first kappa shape index (κ1) is 12.3. The average molecular weight is 262 g/mol. The Morgan fingerprint density at radius 1 is 1.47 bits per heavy atom. The molecule has 5 nitrogen and oxygen atoms in total. The van der Waals surface area contributed by atoms with Gasteiger partial charge in [0.15, 0.2) is 0 Å². The number of ether oxygens (including phenoxy) is 1. The third-order valence-corrected chi connectivity index (χ3v) is 3.62. The molecule has 0 aliphatic carbocycles. The highest BCUT2D eigenvalue weighted by Crippen LogP contribution is 2.28. The van der Waals surface area contributed by atoms with Crippen LogP contribution in [0.15, 0.2) is 18.2 Å². The second-order valence-electron chi connectivity index (χ2n) is 5.09. The van der Waals surface area contributed by atoms with Gasteiger partial charge in [0.25, 0.3) is 0 Å². The summed E-state index contributed by atoms with van der Waals surface area (Å²) in [6.07, 6.45) is 2.13. The fourth-order valence-electron chi connectivity index (χ4n) is 2.61. The summed E-state index contributed by atoms with van der Waals surface area (Å²) in [5, 5.41) is 12.5. The number of likely N-dealkylation sites (tertiary alicyclic amines) is 1. The summed E-state index contributed by atoms with van der Waals surface area (Å²) in [6.45, 7) is 1.84. The number of aliphatic hydroxyl groups excluding tert-OH is 1. The van der Waals surface area contributed by atoms with Crippen LogP contribution < -0.4 is 10.1 Å². The van der Waals surface area contributed by atoms with E-state index >= 15 is 0 Å². The van der Waals surface area contributed by atoms with E-state index in [1.54, 1.807) is 4.90 Å². The summed E-state index contributed by atoms with van der Waals surface area (Å²) >= 11 is 0. The van der Waals surface area contributed by atoms with Gasteiger partial charge < -0.3 is 20.1 Å². The number of fused-ring (bicyclic) bond motifs is 1. The fraction of sp³-hybridized carbons (Fsp3) is 0.500. The third-order valence-electron chi connectivity index (χ3n) is 3.62. The molecule has 1 saturated heterocycles. The Morgan fingerprint density at radius 2 is 2.37 bits per heavy atom. The molecule has 2 N–H and O–H groups in total. The van der Waals surface area contributed by atoms with Gasteiger partial charge in [0.2, 0.25) is 0 Å². The molecule has 102 valence electrons. The average Bonchev–Trinajstić information content (AvgIpc) is 2.86. The lowest BCUT2D eigenvalue weighted by molar-refractivity contribution is 0.0883. The van der Waals surface area contributed by atoms with Crippen molar-refractivity contribution in [2.24, 2.45) is 0 Å². The number of benzene rings is 1. The van der Waals surface area contributed by atoms with Crippen LogP contribution in [0.3, 0.4) is 0 Å². The molecule has 0 saturated carbocycles. The second-order valence-corrected chi connectivity index (χ2v) is 5.09. The van der Waals surface area contributed by atoms with Gasteiger partial charge in [-0.1, -0.05) is 0 Å². The van der Waals surface area contributed by atoms with Gasteiger partial charge in [-0.15, -0.1) is 0 Å². The van der Waals surface area contributed by atoms with Crippen LogP contribution in [0.4, 0.5) is 10.5 Å². The van der Waals surface area contributed by atoms with Gasteiger partial charge in [-0.25, -0.2) is 4.79 Å². The predicted octanol–water partition coefficient (Wildman–Crippen LogP) is 1.61. The standard InChI is InChI=1S/C14H18N2O3/c17-12-2-1-6-16(9-12)14(18)15-11-3-4-13-10(8-11)5-7-19-13/h3-4,8,12,17H,1-2,5-7,9H2,(H,15,18). The minimum absolute atomic E-state index is 0.141. The van der Waals surface area contributed by atoms with Crippen molar-refractivity contribution >= 4 is 11.7 Å². The summed E-state index contributed by atoms with van der Waals surface area (Å²) in [5.41, 5.74) is 1.92. The van der Waals surface area contributed by atoms with Crippen molar-refractivity contribution < 1.29 is 14.6 Å². The van der Waals surface area contributed by atoms with E-state index in [9.17, 15) is 9.90 Å². The molecule has 1 aromatic rings. The topological polar surface area (TPSA) is 61.8 Å². The van der Waals surface area contributed by atoms with Gasteiger partial charge in [0.05, 0.1) is 12.7 Å². The molecule has 2 aliphatic rings. The minimum atomic E-state index is -0.395. The van der Waals surface area contributed by atoms with E-state index in [0.29, 0.717) is 19.7 Å². The number of aliphatic hydroxyl groups is 1. The highest BCUT2D eigenvalue weighted by molar-refractivity contribution is 5.89. The van der Waals surface area contributed by atoms with Crippen molar-refractivity contribution in [2.45, 2.75) is 25.4 Å². The Morgan fingerprint density at radius 3 is 3.21 bits per heavy atom. The molecule has 2 aliphatic heterocycles. The maximum atomic E-state index is 12.1. The number of urea groups is 1. The Hall–Kier alpha value is -1.75. The molecule has 0 bridgehead atoms. The highest BCUT2D eigenvalue weighted by Gasteiger charge is 2.22. The highest BCUT2D eigenvalue weighted by atomic mass is 16.5. The SMILES string of the molecule is O=C(Nc1ccc2c(c1)CCO2)N1CCCC(O)C1. The number of hydrogen-bond acceptors (Lipinski definition) is 3. The van der Waals surface area contributed by atoms with Crippen LogP contribution in [-0.4, -0.2) is 41.8 Å². The molecule has 0 aromatic heterocycles.